The average Bonchev–Trinajstić information content (AvgIpc) is 2.26. The molecule has 4 nitrogen and oxygen atoms in total. The Morgan fingerprint density at radius 2 is 2.06 bits per heavy atom. The predicted molar refractivity (Wildman–Crippen MR) is 72.6 cm³/mol. The molecule has 0 atom stereocenters. The minimum absolute atomic E-state index is 0. The summed E-state index contributed by atoms with van der Waals surface area (Å²) in [4.78, 5) is 11.6. The number of carbonyl (C=O) groups is 1. The maximum atomic E-state index is 11.6. The molecule has 18 heavy (non-hydrogen) atoms. The first-order valence-corrected chi connectivity index (χ1v) is 5.82. The van der Waals surface area contributed by atoms with Crippen LogP contribution in [0.3, 0.4) is 0 Å². The van der Waals surface area contributed by atoms with Crippen LogP contribution in [0.1, 0.15) is 25.3 Å². The zero-order valence-electron chi connectivity index (χ0n) is 10.4. The molecule has 1 amide bonds. The lowest BCUT2D eigenvalue weighted by Crippen LogP contribution is -2.59. The maximum Gasteiger partial charge on any atom is 0.407 e. The highest BCUT2D eigenvalue weighted by atomic mass is 35.5. The first-order valence-electron chi connectivity index (χ1n) is 5.82. The van der Waals surface area contributed by atoms with Crippen LogP contribution >= 0.6 is 12.4 Å². The van der Waals surface area contributed by atoms with E-state index in [2.05, 4.69) is 5.32 Å². The van der Waals surface area contributed by atoms with Gasteiger partial charge < -0.3 is 15.8 Å². The Morgan fingerprint density at radius 1 is 1.44 bits per heavy atom. The number of ether oxygens (including phenoxy) is 1. The largest absolute Gasteiger partial charge is 0.445 e. The fourth-order valence-electron chi connectivity index (χ4n) is 2.21. The van der Waals surface area contributed by atoms with Crippen molar-refractivity contribution in [3.8, 4) is 0 Å². The third-order valence-corrected chi connectivity index (χ3v) is 3.04. The monoisotopic (exact) mass is 270 g/mol. The van der Waals surface area contributed by atoms with Gasteiger partial charge >= 0.3 is 6.09 Å². The Labute approximate surface area is 113 Å². The summed E-state index contributed by atoms with van der Waals surface area (Å²) < 4.78 is 5.14. The highest BCUT2D eigenvalue weighted by Gasteiger charge is 2.39. The van der Waals surface area contributed by atoms with E-state index in [1.807, 2.05) is 37.3 Å². The van der Waals surface area contributed by atoms with Crippen LogP contribution < -0.4 is 11.1 Å². The SMILES string of the molecule is CC1(NC(=O)OCc2ccccc2)CC(N)C1.Cl. The van der Waals surface area contributed by atoms with Crippen molar-refractivity contribution in [3.63, 3.8) is 0 Å². The number of amides is 1. The van der Waals surface area contributed by atoms with Gasteiger partial charge in [0.1, 0.15) is 6.61 Å². The number of rotatable bonds is 3. The second-order valence-corrected chi connectivity index (χ2v) is 4.92. The Morgan fingerprint density at radius 3 is 2.61 bits per heavy atom. The number of nitrogens with one attached hydrogen (secondary N) is 1. The molecule has 100 valence electrons. The van der Waals surface area contributed by atoms with E-state index in [0.717, 1.165) is 18.4 Å². The maximum absolute atomic E-state index is 11.6. The van der Waals surface area contributed by atoms with E-state index in [1.54, 1.807) is 0 Å². The topological polar surface area (TPSA) is 64.3 Å². The van der Waals surface area contributed by atoms with E-state index in [-0.39, 0.29) is 30.1 Å². The highest BCUT2D eigenvalue weighted by molar-refractivity contribution is 5.85. The van der Waals surface area contributed by atoms with Crippen LogP contribution in [-0.2, 0) is 11.3 Å². The van der Waals surface area contributed by atoms with Crippen molar-refractivity contribution in [2.45, 2.75) is 38.0 Å². The molecule has 2 rings (SSSR count). The van der Waals surface area contributed by atoms with Crippen molar-refractivity contribution in [3.05, 3.63) is 35.9 Å². The van der Waals surface area contributed by atoms with Crippen LogP contribution in [0.4, 0.5) is 4.79 Å². The molecule has 3 N–H and O–H groups in total. The van der Waals surface area contributed by atoms with Gasteiger partial charge in [-0.05, 0) is 25.3 Å². The summed E-state index contributed by atoms with van der Waals surface area (Å²) in [6, 6.07) is 9.82. The van der Waals surface area contributed by atoms with Crippen LogP contribution in [0.2, 0.25) is 0 Å². The number of carbonyl (C=O) groups excluding carboxylic acids is 1. The van der Waals surface area contributed by atoms with Gasteiger partial charge in [-0.2, -0.15) is 0 Å². The van der Waals surface area contributed by atoms with Crippen molar-refractivity contribution in [2.24, 2.45) is 5.73 Å². The van der Waals surface area contributed by atoms with Gasteiger partial charge in [-0.1, -0.05) is 30.3 Å². The summed E-state index contributed by atoms with van der Waals surface area (Å²) in [6.07, 6.45) is 1.25. The van der Waals surface area contributed by atoms with Gasteiger partial charge in [0.25, 0.3) is 0 Å². The summed E-state index contributed by atoms with van der Waals surface area (Å²) in [5, 5.41) is 2.85. The zero-order valence-corrected chi connectivity index (χ0v) is 11.2. The molecule has 0 spiro atoms. The lowest BCUT2D eigenvalue weighted by molar-refractivity contribution is 0.106. The molecular weight excluding hydrogens is 252 g/mol. The summed E-state index contributed by atoms with van der Waals surface area (Å²) in [5.41, 5.74) is 6.50. The molecule has 0 bridgehead atoms. The first-order chi connectivity index (χ1) is 8.07. The zero-order chi connectivity index (χ0) is 12.3. The van der Waals surface area contributed by atoms with Gasteiger partial charge in [-0.15, -0.1) is 12.4 Å². The van der Waals surface area contributed by atoms with Crippen molar-refractivity contribution in [1.29, 1.82) is 0 Å². The van der Waals surface area contributed by atoms with E-state index in [0.29, 0.717) is 6.61 Å². The lowest BCUT2D eigenvalue weighted by Gasteiger charge is -2.43. The van der Waals surface area contributed by atoms with Crippen molar-refractivity contribution < 1.29 is 9.53 Å². The molecule has 1 fully saturated rings. The Balaban J connectivity index is 0.00000162. The van der Waals surface area contributed by atoms with Crippen molar-refractivity contribution >= 4 is 18.5 Å². The molecule has 5 heteroatoms. The number of benzene rings is 1. The van der Waals surface area contributed by atoms with E-state index >= 15 is 0 Å². The second kappa shape index (κ2) is 6.07. The fourth-order valence-corrected chi connectivity index (χ4v) is 2.21. The lowest BCUT2D eigenvalue weighted by atomic mass is 9.75. The molecule has 1 saturated carbocycles. The molecule has 1 aromatic rings. The summed E-state index contributed by atoms with van der Waals surface area (Å²) >= 11 is 0. The van der Waals surface area contributed by atoms with Crippen LogP contribution in [0.5, 0.6) is 0 Å². The molecule has 0 saturated heterocycles. The van der Waals surface area contributed by atoms with Gasteiger partial charge in [0.15, 0.2) is 0 Å². The first kappa shape index (κ1) is 14.8. The third-order valence-electron chi connectivity index (χ3n) is 3.04. The van der Waals surface area contributed by atoms with Gasteiger partial charge in [0, 0.05) is 11.6 Å². The van der Waals surface area contributed by atoms with E-state index in [9.17, 15) is 4.79 Å². The van der Waals surface area contributed by atoms with Crippen LogP contribution in [0.15, 0.2) is 30.3 Å². The van der Waals surface area contributed by atoms with Crippen LogP contribution in [-0.4, -0.2) is 17.7 Å². The molecule has 0 radical (unpaired) electrons. The molecule has 1 aromatic carbocycles. The Bertz CT molecular complexity index is 391. The van der Waals surface area contributed by atoms with E-state index in [4.69, 9.17) is 10.5 Å². The number of nitrogens with two attached hydrogens (primary N) is 1. The smallest absolute Gasteiger partial charge is 0.407 e. The molecular formula is C13H19ClN2O2. The summed E-state index contributed by atoms with van der Waals surface area (Å²) in [6.45, 7) is 2.29. The molecule has 0 aliphatic heterocycles. The number of halogens is 1. The van der Waals surface area contributed by atoms with Crippen LogP contribution in [0.25, 0.3) is 0 Å². The average molecular weight is 271 g/mol. The summed E-state index contributed by atoms with van der Waals surface area (Å²) in [7, 11) is 0. The Hall–Kier alpha value is -1.26. The Kier molecular flexibility index (Phi) is 4.99. The molecule has 1 aliphatic carbocycles. The predicted octanol–water partition coefficient (Wildman–Crippen LogP) is 2.21. The normalized spacial score (nSPS) is 25.6. The van der Waals surface area contributed by atoms with Crippen molar-refractivity contribution in [1.82, 2.24) is 5.32 Å². The number of hydrogen-bond donors (Lipinski definition) is 2. The quantitative estimate of drug-likeness (QED) is 0.885. The van der Waals surface area contributed by atoms with E-state index < -0.39 is 0 Å². The highest BCUT2D eigenvalue weighted by Crippen LogP contribution is 2.30. The summed E-state index contributed by atoms with van der Waals surface area (Å²) in [5.74, 6) is 0. The second-order valence-electron chi connectivity index (χ2n) is 4.92. The molecule has 0 unspecified atom stereocenters. The number of alkyl carbamates (subject to hydrolysis) is 1. The van der Waals surface area contributed by atoms with Gasteiger partial charge in [-0.25, -0.2) is 4.79 Å². The van der Waals surface area contributed by atoms with Gasteiger partial charge in [0.2, 0.25) is 0 Å². The third kappa shape index (κ3) is 3.89. The minimum Gasteiger partial charge on any atom is -0.445 e. The van der Waals surface area contributed by atoms with Gasteiger partial charge in [0.05, 0.1) is 0 Å². The van der Waals surface area contributed by atoms with Crippen LogP contribution in [0, 0.1) is 0 Å². The molecule has 0 heterocycles. The van der Waals surface area contributed by atoms with E-state index in [1.165, 1.54) is 0 Å². The molecule has 0 aromatic heterocycles. The fraction of sp³-hybridized carbons (Fsp3) is 0.462. The molecule has 1 aliphatic rings. The van der Waals surface area contributed by atoms with Gasteiger partial charge in [-0.3, -0.25) is 0 Å². The van der Waals surface area contributed by atoms with Crippen molar-refractivity contribution in [2.75, 3.05) is 0 Å². The standard InChI is InChI=1S/C13H18N2O2.ClH/c1-13(7-11(14)8-13)15-12(16)17-9-10-5-3-2-4-6-10;/h2-6,11H,7-9,14H2,1H3,(H,15,16);1H. The number of hydrogen-bond acceptors (Lipinski definition) is 3. The minimum atomic E-state index is -0.372.